The van der Waals surface area contributed by atoms with Crippen LogP contribution in [0, 0.1) is 6.92 Å². The third kappa shape index (κ3) is 2.86. The number of rotatable bonds is 3. The lowest BCUT2D eigenvalue weighted by atomic mass is 10.2. The summed E-state index contributed by atoms with van der Waals surface area (Å²) in [6, 6.07) is 5.17. The van der Waals surface area contributed by atoms with E-state index in [9.17, 15) is 4.79 Å². The van der Waals surface area contributed by atoms with Crippen LogP contribution in [0.1, 0.15) is 12.5 Å². The first-order valence-electron chi connectivity index (χ1n) is 4.65. The van der Waals surface area contributed by atoms with E-state index in [0.29, 0.717) is 5.02 Å². The van der Waals surface area contributed by atoms with Crippen molar-refractivity contribution in [3.63, 3.8) is 0 Å². The summed E-state index contributed by atoms with van der Waals surface area (Å²) in [5.74, 6) is -0.311. The number of anilines is 1. The van der Waals surface area contributed by atoms with Gasteiger partial charge in [-0.2, -0.15) is 0 Å². The largest absolute Gasteiger partial charge is 0.467 e. The molecule has 1 aromatic carbocycles. The van der Waals surface area contributed by atoms with Crippen molar-refractivity contribution in [2.24, 2.45) is 0 Å². The number of esters is 1. The lowest BCUT2D eigenvalue weighted by molar-refractivity contribution is -0.141. The van der Waals surface area contributed by atoms with Crippen molar-refractivity contribution < 1.29 is 9.53 Å². The molecule has 1 atom stereocenters. The first kappa shape index (κ1) is 11.9. The summed E-state index contributed by atoms with van der Waals surface area (Å²) in [4.78, 5) is 11.2. The molecule has 0 aliphatic rings. The first-order valence-corrected chi connectivity index (χ1v) is 5.03. The highest BCUT2D eigenvalue weighted by Crippen LogP contribution is 2.25. The molecule has 1 rings (SSSR count). The van der Waals surface area contributed by atoms with Crippen molar-refractivity contribution >= 4 is 23.3 Å². The zero-order chi connectivity index (χ0) is 11.4. The van der Waals surface area contributed by atoms with Gasteiger partial charge in [-0.25, -0.2) is 4.79 Å². The van der Waals surface area contributed by atoms with E-state index in [2.05, 4.69) is 10.1 Å². The lowest BCUT2D eigenvalue weighted by Gasteiger charge is -2.16. The molecule has 0 aromatic heterocycles. The van der Waals surface area contributed by atoms with Crippen LogP contribution in [0.15, 0.2) is 18.2 Å². The maximum atomic E-state index is 11.2. The summed E-state index contributed by atoms with van der Waals surface area (Å²) in [5.41, 5.74) is 1.77. The van der Waals surface area contributed by atoms with E-state index in [1.807, 2.05) is 19.1 Å². The maximum Gasteiger partial charge on any atom is 0.327 e. The molecule has 0 aliphatic carbocycles. The molecule has 0 radical (unpaired) electrons. The molecular weight excluding hydrogens is 214 g/mol. The van der Waals surface area contributed by atoms with Crippen LogP contribution in [0.3, 0.4) is 0 Å². The Kier molecular flexibility index (Phi) is 3.97. The number of methoxy groups -OCH3 is 1. The number of aryl methyl sites for hydroxylation is 1. The fourth-order valence-electron chi connectivity index (χ4n) is 1.27. The van der Waals surface area contributed by atoms with Crippen molar-refractivity contribution in [1.82, 2.24) is 0 Å². The molecule has 0 unspecified atom stereocenters. The molecule has 3 nitrogen and oxygen atoms in total. The Balaban J connectivity index is 2.85. The minimum Gasteiger partial charge on any atom is -0.467 e. The van der Waals surface area contributed by atoms with Gasteiger partial charge in [0, 0.05) is 0 Å². The summed E-state index contributed by atoms with van der Waals surface area (Å²) in [7, 11) is 1.36. The predicted molar refractivity (Wildman–Crippen MR) is 61.3 cm³/mol. The van der Waals surface area contributed by atoms with Crippen LogP contribution in [-0.2, 0) is 9.53 Å². The third-order valence-electron chi connectivity index (χ3n) is 2.14. The number of halogens is 1. The Morgan fingerprint density at radius 2 is 2.20 bits per heavy atom. The molecule has 0 aliphatic heterocycles. The standard InChI is InChI=1S/C11H14ClNO2/c1-7-5-4-6-9(12)10(7)13-8(2)11(14)15-3/h4-6,8,13H,1-3H3/t8-/m0/s1. The molecule has 0 amide bonds. The summed E-state index contributed by atoms with van der Waals surface area (Å²) in [6.07, 6.45) is 0. The fourth-order valence-corrected chi connectivity index (χ4v) is 1.54. The molecule has 0 bridgehead atoms. The smallest absolute Gasteiger partial charge is 0.327 e. The Bertz CT molecular complexity index is 345. The van der Waals surface area contributed by atoms with Crippen LogP contribution >= 0.6 is 11.6 Å². The number of para-hydroxylation sites is 1. The first-order chi connectivity index (χ1) is 7.06. The van der Waals surface area contributed by atoms with Crippen molar-refractivity contribution in [2.75, 3.05) is 12.4 Å². The molecule has 0 saturated heterocycles. The van der Waals surface area contributed by atoms with E-state index in [1.165, 1.54) is 7.11 Å². The second-order valence-electron chi connectivity index (χ2n) is 3.32. The van der Waals surface area contributed by atoms with Gasteiger partial charge in [0.2, 0.25) is 0 Å². The van der Waals surface area contributed by atoms with Gasteiger partial charge in [-0.15, -0.1) is 0 Å². The minimum atomic E-state index is -0.409. The van der Waals surface area contributed by atoms with Gasteiger partial charge < -0.3 is 10.1 Å². The molecule has 15 heavy (non-hydrogen) atoms. The van der Waals surface area contributed by atoms with E-state index >= 15 is 0 Å². The molecule has 0 spiro atoms. The van der Waals surface area contributed by atoms with Crippen LogP contribution in [0.5, 0.6) is 0 Å². The molecule has 4 heteroatoms. The van der Waals surface area contributed by atoms with Crippen LogP contribution in [0.2, 0.25) is 5.02 Å². The average molecular weight is 228 g/mol. The van der Waals surface area contributed by atoms with E-state index in [1.54, 1.807) is 13.0 Å². The van der Waals surface area contributed by atoms with Gasteiger partial charge in [-0.05, 0) is 25.5 Å². The van der Waals surface area contributed by atoms with Crippen LogP contribution in [-0.4, -0.2) is 19.1 Å². The van der Waals surface area contributed by atoms with Gasteiger partial charge >= 0.3 is 5.97 Å². The fraction of sp³-hybridized carbons (Fsp3) is 0.364. The van der Waals surface area contributed by atoms with Crippen molar-refractivity contribution in [1.29, 1.82) is 0 Å². The Morgan fingerprint density at radius 1 is 1.53 bits per heavy atom. The van der Waals surface area contributed by atoms with Crippen molar-refractivity contribution in [3.05, 3.63) is 28.8 Å². The van der Waals surface area contributed by atoms with E-state index in [0.717, 1.165) is 11.3 Å². The van der Waals surface area contributed by atoms with Crippen molar-refractivity contribution in [3.8, 4) is 0 Å². The van der Waals surface area contributed by atoms with Crippen LogP contribution < -0.4 is 5.32 Å². The maximum absolute atomic E-state index is 11.2. The number of hydrogen-bond acceptors (Lipinski definition) is 3. The topological polar surface area (TPSA) is 38.3 Å². The molecule has 1 aromatic rings. The molecule has 0 fully saturated rings. The third-order valence-corrected chi connectivity index (χ3v) is 2.45. The highest BCUT2D eigenvalue weighted by molar-refractivity contribution is 6.33. The average Bonchev–Trinajstić information content (AvgIpc) is 2.22. The minimum absolute atomic E-state index is 0.311. The highest BCUT2D eigenvalue weighted by atomic mass is 35.5. The SMILES string of the molecule is COC(=O)[C@H](C)Nc1c(C)cccc1Cl. The predicted octanol–water partition coefficient (Wildman–Crippen LogP) is 2.62. The molecule has 82 valence electrons. The molecule has 1 N–H and O–H groups in total. The van der Waals surface area contributed by atoms with Crippen LogP contribution in [0.25, 0.3) is 0 Å². The molecule has 0 heterocycles. The van der Waals surface area contributed by atoms with Gasteiger partial charge in [0.1, 0.15) is 6.04 Å². The van der Waals surface area contributed by atoms with E-state index < -0.39 is 6.04 Å². The highest BCUT2D eigenvalue weighted by Gasteiger charge is 2.14. The Labute approximate surface area is 94.4 Å². The number of carbonyl (C=O) groups excluding carboxylic acids is 1. The zero-order valence-corrected chi connectivity index (χ0v) is 9.76. The lowest BCUT2D eigenvalue weighted by Crippen LogP contribution is -2.27. The second-order valence-corrected chi connectivity index (χ2v) is 3.73. The van der Waals surface area contributed by atoms with E-state index in [-0.39, 0.29) is 5.97 Å². The molecular formula is C11H14ClNO2. The second kappa shape index (κ2) is 5.03. The number of nitrogens with one attached hydrogen (secondary N) is 1. The molecule has 0 saturated carbocycles. The summed E-state index contributed by atoms with van der Waals surface area (Å²) in [6.45, 7) is 3.66. The normalized spacial score (nSPS) is 12.0. The Morgan fingerprint density at radius 3 is 2.73 bits per heavy atom. The monoisotopic (exact) mass is 227 g/mol. The van der Waals surface area contributed by atoms with Gasteiger partial charge in [0.25, 0.3) is 0 Å². The van der Waals surface area contributed by atoms with Gasteiger partial charge in [0.15, 0.2) is 0 Å². The zero-order valence-electron chi connectivity index (χ0n) is 9.00. The summed E-state index contributed by atoms with van der Waals surface area (Å²) >= 11 is 6.01. The summed E-state index contributed by atoms with van der Waals surface area (Å²) < 4.78 is 4.62. The van der Waals surface area contributed by atoms with Gasteiger partial charge in [-0.1, -0.05) is 23.7 Å². The van der Waals surface area contributed by atoms with Gasteiger partial charge in [-0.3, -0.25) is 0 Å². The van der Waals surface area contributed by atoms with Gasteiger partial charge in [0.05, 0.1) is 17.8 Å². The number of benzene rings is 1. The number of ether oxygens (including phenoxy) is 1. The van der Waals surface area contributed by atoms with Crippen LogP contribution in [0.4, 0.5) is 5.69 Å². The van der Waals surface area contributed by atoms with Crippen molar-refractivity contribution in [2.45, 2.75) is 19.9 Å². The number of carbonyl (C=O) groups is 1. The van der Waals surface area contributed by atoms with E-state index in [4.69, 9.17) is 11.6 Å². The number of hydrogen-bond donors (Lipinski definition) is 1. The quantitative estimate of drug-likeness (QED) is 0.807. The summed E-state index contributed by atoms with van der Waals surface area (Å²) in [5, 5.41) is 3.63. The Hall–Kier alpha value is -1.22.